The molecule has 2 N–H and O–H groups in total. The average molecular weight is 192 g/mol. The van der Waals surface area contributed by atoms with Crippen molar-refractivity contribution in [3.63, 3.8) is 0 Å². The lowest BCUT2D eigenvalue weighted by Gasteiger charge is -2.32. The van der Waals surface area contributed by atoms with Crippen molar-refractivity contribution in [2.75, 3.05) is 13.1 Å². The van der Waals surface area contributed by atoms with Gasteiger partial charge in [-0.25, -0.2) is 0 Å². The Bertz CT molecular complexity index is 281. The number of aliphatic hydroxyl groups is 1. The predicted molar refractivity (Wildman–Crippen MR) is 55.0 cm³/mol. The highest BCUT2D eigenvalue weighted by Gasteiger charge is 2.29. The lowest BCUT2D eigenvalue weighted by atomic mass is 9.88. The van der Waals surface area contributed by atoms with Crippen molar-refractivity contribution >= 4 is 0 Å². The first-order valence-electron chi connectivity index (χ1n) is 5.11. The first-order chi connectivity index (χ1) is 6.79. The third-order valence-electron chi connectivity index (χ3n) is 2.71. The monoisotopic (exact) mass is 192 g/mol. The van der Waals surface area contributed by atoms with Crippen LogP contribution in [0, 0.1) is 0 Å². The van der Waals surface area contributed by atoms with Crippen molar-refractivity contribution in [2.45, 2.75) is 24.9 Å². The van der Waals surface area contributed by atoms with Crippen LogP contribution in [0.5, 0.6) is 0 Å². The summed E-state index contributed by atoms with van der Waals surface area (Å²) in [6.07, 6.45) is 6.22. The molecular weight excluding hydrogens is 176 g/mol. The first-order valence-corrected chi connectivity index (χ1v) is 5.11. The Hall–Kier alpha value is -0.930. The van der Waals surface area contributed by atoms with E-state index in [-0.39, 0.29) is 0 Å². The fourth-order valence-electron chi connectivity index (χ4n) is 1.99. The van der Waals surface area contributed by atoms with Gasteiger partial charge in [-0.3, -0.25) is 4.98 Å². The van der Waals surface area contributed by atoms with E-state index in [9.17, 15) is 5.11 Å². The molecule has 1 aromatic rings. The molecule has 1 aliphatic heterocycles. The molecule has 0 spiro atoms. The van der Waals surface area contributed by atoms with Crippen LogP contribution in [0.3, 0.4) is 0 Å². The molecule has 2 rings (SSSR count). The Morgan fingerprint density at radius 1 is 1.57 bits per heavy atom. The zero-order chi connectivity index (χ0) is 9.86. The normalized spacial score (nSPS) is 27.5. The van der Waals surface area contributed by atoms with Crippen LogP contribution in [0.4, 0.5) is 0 Å². The van der Waals surface area contributed by atoms with Crippen molar-refractivity contribution in [3.8, 4) is 0 Å². The van der Waals surface area contributed by atoms with Crippen LogP contribution in [-0.2, 0) is 6.42 Å². The molecule has 14 heavy (non-hydrogen) atoms. The van der Waals surface area contributed by atoms with Crippen molar-refractivity contribution in [2.24, 2.45) is 0 Å². The van der Waals surface area contributed by atoms with E-state index in [1.807, 2.05) is 18.3 Å². The van der Waals surface area contributed by atoms with E-state index >= 15 is 0 Å². The highest BCUT2D eigenvalue weighted by atomic mass is 16.3. The molecule has 0 aromatic carbocycles. The van der Waals surface area contributed by atoms with Crippen LogP contribution in [0.2, 0.25) is 0 Å². The maximum absolute atomic E-state index is 10.2. The van der Waals surface area contributed by atoms with Gasteiger partial charge in [0.25, 0.3) is 0 Å². The van der Waals surface area contributed by atoms with Crippen LogP contribution < -0.4 is 5.32 Å². The number of nitrogens with one attached hydrogen (secondary N) is 1. The SMILES string of the molecule is OC1(Cc2cccnc2)CCCNC1. The van der Waals surface area contributed by atoms with E-state index in [4.69, 9.17) is 0 Å². The summed E-state index contributed by atoms with van der Waals surface area (Å²) < 4.78 is 0. The van der Waals surface area contributed by atoms with Crippen LogP contribution in [0.1, 0.15) is 18.4 Å². The van der Waals surface area contributed by atoms with Gasteiger partial charge in [0.05, 0.1) is 5.60 Å². The summed E-state index contributed by atoms with van der Waals surface area (Å²) in [5, 5.41) is 13.5. The minimum atomic E-state index is -0.568. The molecule has 1 aliphatic rings. The number of piperidine rings is 1. The fourth-order valence-corrected chi connectivity index (χ4v) is 1.99. The summed E-state index contributed by atoms with van der Waals surface area (Å²) >= 11 is 0. The van der Waals surface area contributed by atoms with E-state index in [0.29, 0.717) is 13.0 Å². The fraction of sp³-hybridized carbons (Fsp3) is 0.545. The van der Waals surface area contributed by atoms with Crippen molar-refractivity contribution in [3.05, 3.63) is 30.1 Å². The van der Waals surface area contributed by atoms with E-state index in [1.165, 1.54) is 0 Å². The topological polar surface area (TPSA) is 45.2 Å². The van der Waals surface area contributed by atoms with Gasteiger partial charge in [-0.05, 0) is 31.0 Å². The molecule has 0 radical (unpaired) electrons. The molecule has 1 fully saturated rings. The molecule has 0 amide bonds. The molecule has 0 saturated carbocycles. The van der Waals surface area contributed by atoms with E-state index in [0.717, 1.165) is 24.9 Å². The minimum Gasteiger partial charge on any atom is -0.388 e. The van der Waals surface area contributed by atoms with Gasteiger partial charge >= 0.3 is 0 Å². The van der Waals surface area contributed by atoms with Gasteiger partial charge in [-0.1, -0.05) is 6.07 Å². The van der Waals surface area contributed by atoms with Crippen LogP contribution in [0.25, 0.3) is 0 Å². The number of hydrogen-bond acceptors (Lipinski definition) is 3. The Kier molecular flexibility index (Phi) is 2.79. The molecular formula is C11H16N2O. The van der Waals surface area contributed by atoms with Crippen LogP contribution in [0.15, 0.2) is 24.5 Å². The summed E-state index contributed by atoms with van der Waals surface area (Å²) in [7, 11) is 0. The molecule has 0 bridgehead atoms. The molecule has 1 atom stereocenters. The number of rotatable bonds is 2. The first kappa shape index (κ1) is 9.62. The molecule has 1 aromatic heterocycles. The minimum absolute atomic E-state index is 0.568. The lowest BCUT2D eigenvalue weighted by molar-refractivity contribution is 0.0169. The zero-order valence-corrected chi connectivity index (χ0v) is 8.24. The maximum atomic E-state index is 10.2. The van der Waals surface area contributed by atoms with Gasteiger partial charge in [0.15, 0.2) is 0 Å². The van der Waals surface area contributed by atoms with Crippen molar-refractivity contribution in [1.82, 2.24) is 10.3 Å². The van der Waals surface area contributed by atoms with Gasteiger partial charge < -0.3 is 10.4 Å². The standard InChI is InChI=1S/C11H16N2O/c14-11(4-2-6-13-9-11)7-10-3-1-5-12-8-10/h1,3,5,8,13-14H,2,4,6-7,9H2. The summed E-state index contributed by atoms with van der Waals surface area (Å²) in [5.41, 5.74) is 0.542. The molecule has 0 aliphatic carbocycles. The van der Waals surface area contributed by atoms with Crippen LogP contribution >= 0.6 is 0 Å². The lowest BCUT2D eigenvalue weighted by Crippen LogP contribution is -2.47. The predicted octanol–water partition coefficient (Wildman–Crippen LogP) is 0.739. The number of aromatic nitrogens is 1. The highest BCUT2D eigenvalue weighted by Crippen LogP contribution is 2.20. The van der Waals surface area contributed by atoms with Crippen molar-refractivity contribution < 1.29 is 5.11 Å². The van der Waals surface area contributed by atoms with E-state index in [1.54, 1.807) is 6.20 Å². The smallest absolute Gasteiger partial charge is 0.0812 e. The number of β-amino-alcohol motifs (C(OH)–C–C–N with tert-alkyl or cyclic N) is 1. The largest absolute Gasteiger partial charge is 0.388 e. The molecule has 76 valence electrons. The molecule has 1 unspecified atom stereocenters. The third-order valence-corrected chi connectivity index (χ3v) is 2.71. The van der Waals surface area contributed by atoms with Gasteiger partial charge in [0.2, 0.25) is 0 Å². The number of nitrogens with zero attached hydrogens (tertiary/aromatic N) is 1. The molecule has 1 saturated heterocycles. The van der Waals surface area contributed by atoms with Gasteiger partial charge in [0.1, 0.15) is 0 Å². The van der Waals surface area contributed by atoms with Gasteiger partial charge in [-0.2, -0.15) is 0 Å². The molecule has 2 heterocycles. The number of pyridine rings is 1. The Morgan fingerprint density at radius 2 is 2.50 bits per heavy atom. The van der Waals surface area contributed by atoms with E-state index in [2.05, 4.69) is 10.3 Å². The Labute approximate surface area is 84.2 Å². The van der Waals surface area contributed by atoms with Crippen molar-refractivity contribution in [1.29, 1.82) is 0 Å². The maximum Gasteiger partial charge on any atom is 0.0812 e. The quantitative estimate of drug-likeness (QED) is 0.726. The van der Waals surface area contributed by atoms with Crippen LogP contribution in [-0.4, -0.2) is 28.8 Å². The number of hydrogen-bond donors (Lipinski definition) is 2. The Balaban J connectivity index is 2.02. The second-order valence-electron chi connectivity index (χ2n) is 4.04. The summed E-state index contributed by atoms with van der Waals surface area (Å²) in [5.74, 6) is 0. The van der Waals surface area contributed by atoms with Gasteiger partial charge in [-0.15, -0.1) is 0 Å². The molecule has 3 heteroatoms. The second kappa shape index (κ2) is 4.07. The summed E-state index contributed by atoms with van der Waals surface area (Å²) in [6, 6.07) is 3.93. The molecule has 3 nitrogen and oxygen atoms in total. The third kappa shape index (κ3) is 2.30. The summed E-state index contributed by atoms with van der Waals surface area (Å²) in [6.45, 7) is 1.72. The average Bonchev–Trinajstić information content (AvgIpc) is 2.19. The Morgan fingerprint density at radius 3 is 3.14 bits per heavy atom. The highest BCUT2D eigenvalue weighted by molar-refractivity contribution is 5.12. The van der Waals surface area contributed by atoms with Gasteiger partial charge in [0, 0.05) is 25.4 Å². The van der Waals surface area contributed by atoms with E-state index < -0.39 is 5.60 Å². The zero-order valence-electron chi connectivity index (χ0n) is 8.24. The second-order valence-corrected chi connectivity index (χ2v) is 4.04. The summed E-state index contributed by atoms with van der Waals surface area (Å²) in [4.78, 5) is 4.05.